The summed E-state index contributed by atoms with van der Waals surface area (Å²) in [6, 6.07) is 6.64. The van der Waals surface area contributed by atoms with Crippen molar-refractivity contribution in [2.75, 3.05) is 6.54 Å². The monoisotopic (exact) mass is 186 g/mol. The third-order valence-corrected chi connectivity index (χ3v) is 3.00. The van der Waals surface area contributed by atoms with E-state index in [1.807, 2.05) is 0 Å². The van der Waals surface area contributed by atoms with E-state index in [4.69, 9.17) is 0 Å². The first-order valence-electron chi connectivity index (χ1n) is 5.15. The van der Waals surface area contributed by atoms with Crippen LogP contribution in [0.3, 0.4) is 0 Å². The molecule has 1 aromatic heterocycles. The van der Waals surface area contributed by atoms with Crippen LogP contribution >= 0.6 is 0 Å². The number of hydrogen-bond donors (Lipinski definition) is 2. The first kappa shape index (κ1) is 8.06. The van der Waals surface area contributed by atoms with Crippen molar-refractivity contribution < 1.29 is 0 Å². The summed E-state index contributed by atoms with van der Waals surface area (Å²) in [6.07, 6.45) is 1.13. The summed E-state index contributed by atoms with van der Waals surface area (Å²) in [7, 11) is 0. The van der Waals surface area contributed by atoms with Gasteiger partial charge in [0, 0.05) is 36.1 Å². The fraction of sp³-hybridized carbons (Fsp3) is 0.333. The average Bonchev–Trinajstić information content (AvgIpc) is 2.54. The lowest BCUT2D eigenvalue weighted by Gasteiger charge is -2.12. The molecule has 2 heteroatoms. The van der Waals surface area contributed by atoms with Gasteiger partial charge in [-0.25, -0.2) is 0 Å². The Bertz CT molecular complexity index is 482. The van der Waals surface area contributed by atoms with Crippen molar-refractivity contribution in [3.05, 3.63) is 35.0 Å². The maximum atomic E-state index is 3.52. The molecule has 0 unspecified atom stereocenters. The molecule has 2 heterocycles. The van der Waals surface area contributed by atoms with E-state index < -0.39 is 0 Å². The highest BCUT2D eigenvalue weighted by Crippen LogP contribution is 2.25. The summed E-state index contributed by atoms with van der Waals surface area (Å²) in [6.45, 7) is 4.24. The average molecular weight is 186 g/mol. The summed E-state index contributed by atoms with van der Waals surface area (Å²) in [5, 5.41) is 4.80. The molecule has 1 aliphatic heterocycles. The molecule has 0 amide bonds. The van der Waals surface area contributed by atoms with Gasteiger partial charge in [-0.3, -0.25) is 0 Å². The molecule has 0 saturated carbocycles. The molecule has 0 radical (unpaired) electrons. The largest absolute Gasteiger partial charge is 0.358 e. The number of aromatic amines is 1. The molecule has 0 saturated heterocycles. The van der Waals surface area contributed by atoms with E-state index in [1.165, 1.54) is 27.7 Å². The molecule has 3 rings (SSSR count). The van der Waals surface area contributed by atoms with E-state index in [0.717, 1.165) is 19.5 Å². The van der Waals surface area contributed by atoms with Gasteiger partial charge in [0.05, 0.1) is 0 Å². The van der Waals surface area contributed by atoms with Crippen molar-refractivity contribution in [2.24, 2.45) is 0 Å². The van der Waals surface area contributed by atoms with Crippen molar-refractivity contribution in [1.29, 1.82) is 0 Å². The minimum atomic E-state index is 1.01. The van der Waals surface area contributed by atoms with Gasteiger partial charge in [0.1, 0.15) is 0 Å². The standard InChI is InChI=1S/C12H14N2/c1-8-2-3-9-10-7-13-5-4-11(10)14-12(9)6-8/h2-3,6,13-14H,4-5,7H2,1H3. The summed E-state index contributed by atoms with van der Waals surface area (Å²) in [5.74, 6) is 0. The van der Waals surface area contributed by atoms with Crippen molar-refractivity contribution in [3.63, 3.8) is 0 Å². The summed E-state index contributed by atoms with van der Waals surface area (Å²) < 4.78 is 0. The predicted octanol–water partition coefficient (Wildman–Crippen LogP) is 2.12. The second-order valence-electron chi connectivity index (χ2n) is 4.06. The molecular weight excluding hydrogens is 172 g/mol. The number of nitrogens with one attached hydrogen (secondary N) is 2. The molecule has 0 aliphatic carbocycles. The van der Waals surface area contributed by atoms with Crippen molar-refractivity contribution in [1.82, 2.24) is 10.3 Å². The Morgan fingerprint density at radius 1 is 1.29 bits per heavy atom. The van der Waals surface area contributed by atoms with Crippen LogP contribution in [0, 0.1) is 6.92 Å². The first-order valence-corrected chi connectivity index (χ1v) is 5.15. The van der Waals surface area contributed by atoms with E-state index in [-0.39, 0.29) is 0 Å². The van der Waals surface area contributed by atoms with Crippen molar-refractivity contribution in [3.8, 4) is 0 Å². The van der Waals surface area contributed by atoms with Gasteiger partial charge < -0.3 is 10.3 Å². The van der Waals surface area contributed by atoms with E-state index in [1.54, 1.807) is 0 Å². The SMILES string of the molecule is Cc1ccc2c3c([nH]c2c1)CCNC3. The fourth-order valence-corrected chi connectivity index (χ4v) is 2.27. The van der Waals surface area contributed by atoms with Crippen molar-refractivity contribution >= 4 is 10.9 Å². The molecule has 1 aliphatic rings. The second-order valence-corrected chi connectivity index (χ2v) is 4.06. The highest BCUT2D eigenvalue weighted by Gasteiger charge is 2.14. The zero-order valence-corrected chi connectivity index (χ0v) is 8.35. The molecule has 2 N–H and O–H groups in total. The van der Waals surface area contributed by atoms with E-state index >= 15 is 0 Å². The van der Waals surface area contributed by atoms with Gasteiger partial charge >= 0.3 is 0 Å². The van der Waals surface area contributed by atoms with Crippen LogP contribution in [0.5, 0.6) is 0 Å². The van der Waals surface area contributed by atoms with Gasteiger partial charge in [0.15, 0.2) is 0 Å². The number of rotatable bonds is 0. The Labute approximate surface area is 83.3 Å². The Kier molecular flexibility index (Phi) is 1.64. The van der Waals surface area contributed by atoms with Gasteiger partial charge in [-0.15, -0.1) is 0 Å². The number of fused-ring (bicyclic) bond motifs is 3. The van der Waals surface area contributed by atoms with Gasteiger partial charge in [-0.1, -0.05) is 12.1 Å². The Balaban J connectivity index is 2.31. The Morgan fingerprint density at radius 3 is 3.14 bits per heavy atom. The molecule has 2 aromatic rings. The first-order chi connectivity index (χ1) is 6.84. The lowest BCUT2D eigenvalue weighted by molar-refractivity contribution is 0.641. The van der Waals surface area contributed by atoms with Gasteiger partial charge in [-0.05, 0) is 24.1 Å². The molecule has 2 nitrogen and oxygen atoms in total. The van der Waals surface area contributed by atoms with Gasteiger partial charge in [0.25, 0.3) is 0 Å². The molecule has 14 heavy (non-hydrogen) atoms. The maximum Gasteiger partial charge on any atom is 0.0462 e. The molecule has 0 bridgehead atoms. The number of aromatic nitrogens is 1. The van der Waals surface area contributed by atoms with Crippen LogP contribution < -0.4 is 5.32 Å². The number of benzene rings is 1. The van der Waals surface area contributed by atoms with Crippen LogP contribution in [0.4, 0.5) is 0 Å². The quantitative estimate of drug-likeness (QED) is 0.648. The van der Waals surface area contributed by atoms with Gasteiger partial charge in [-0.2, -0.15) is 0 Å². The molecular formula is C12H14N2. The minimum Gasteiger partial charge on any atom is -0.358 e. The lowest BCUT2D eigenvalue weighted by atomic mass is 10.1. The molecule has 72 valence electrons. The van der Waals surface area contributed by atoms with Crippen LogP contribution in [-0.2, 0) is 13.0 Å². The molecule has 0 atom stereocenters. The highest BCUT2D eigenvalue weighted by molar-refractivity contribution is 5.85. The summed E-state index contributed by atoms with van der Waals surface area (Å²) >= 11 is 0. The van der Waals surface area contributed by atoms with Crippen LogP contribution in [0.1, 0.15) is 16.8 Å². The van der Waals surface area contributed by atoms with Crippen LogP contribution in [0.2, 0.25) is 0 Å². The number of H-pyrrole nitrogens is 1. The molecule has 0 spiro atoms. The maximum absolute atomic E-state index is 3.52. The number of aryl methyl sites for hydroxylation is 1. The predicted molar refractivity (Wildman–Crippen MR) is 58.4 cm³/mol. The highest BCUT2D eigenvalue weighted by atomic mass is 14.9. The second kappa shape index (κ2) is 2.85. The Morgan fingerprint density at radius 2 is 2.21 bits per heavy atom. The summed E-state index contributed by atoms with van der Waals surface area (Å²) in [5.41, 5.74) is 5.50. The van der Waals surface area contributed by atoms with Crippen LogP contribution in [0.25, 0.3) is 10.9 Å². The smallest absolute Gasteiger partial charge is 0.0462 e. The fourth-order valence-electron chi connectivity index (χ4n) is 2.27. The van der Waals surface area contributed by atoms with Gasteiger partial charge in [0.2, 0.25) is 0 Å². The lowest BCUT2D eigenvalue weighted by Crippen LogP contribution is -2.22. The number of hydrogen-bond acceptors (Lipinski definition) is 1. The third-order valence-electron chi connectivity index (χ3n) is 3.00. The zero-order valence-electron chi connectivity index (χ0n) is 8.35. The van der Waals surface area contributed by atoms with Crippen LogP contribution in [0.15, 0.2) is 18.2 Å². The van der Waals surface area contributed by atoms with E-state index in [2.05, 4.69) is 35.4 Å². The Hall–Kier alpha value is -1.28. The van der Waals surface area contributed by atoms with Crippen molar-refractivity contribution in [2.45, 2.75) is 19.9 Å². The van der Waals surface area contributed by atoms with E-state index in [0.29, 0.717) is 0 Å². The zero-order chi connectivity index (χ0) is 9.54. The normalized spacial score (nSPS) is 15.8. The molecule has 1 aromatic carbocycles. The van der Waals surface area contributed by atoms with Crippen LogP contribution in [-0.4, -0.2) is 11.5 Å². The summed E-state index contributed by atoms with van der Waals surface area (Å²) in [4.78, 5) is 3.52. The third kappa shape index (κ3) is 1.07. The minimum absolute atomic E-state index is 1.01. The topological polar surface area (TPSA) is 27.8 Å². The molecule has 0 fully saturated rings. The van der Waals surface area contributed by atoms with E-state index in [9.17, 15) is 0 Å².